The van der Waals surface area contributed by atoms with Crippen LogP contribution in [0.25, 0.3) is 0 Å². The molecule has 0 bridgehead atoms. The molecule has 1 fully saturated rings. The maximum atomic E-state index is 6.26. The van der Waals surface area contributed by atoms with Gasteiger partial charge in [0, 0.05) is 18.1 Å². The molecule has 1 aliphatic carbocycles. The lowest BCUT2D eigenvalue weighted by Crippen LogP contribution is -2.56. The van der Waals surface area contributed by atoms with Crippen molar-refractivity contribution < 1.29 is 0 Å². The fraction of sp³-hybridized carbons (Fsp3) is 0.667. The van der Waals surface area contributed by atoms with Crippen LogP contribution in [0.15, 0.2) is 30.3 Å². The molecule has 112 valence electrons. The highest BCUT2D eigenvalue weighted by Gasteiger charge is 2.41. The molecular formula is C18H30N2. The van der Waals surface area contributed by atoms with Crippen molar-refractivity contribution in [2.75, 3.05) is 13.1 Å². The fourth-order valence-electron chi connectivity index (χ4n) is 3.26. The molecule has 0 saturated heterocycles. The van der Waals surface area contributed by atoms with E-state index in [-0.39, 0.29) is 5.54 Å². The zero-order valence-electron chi connectivity index (χ0n) is 13.1. The summed E-state index contributed by atoms with van der Waals surface area (Å²) in [5.41, 5.74) is 7.83. The molecule has 2 heteroatoms. The minimum atomic E-state index is 0.150. The zero-order chi connectivity index (χ0) is 14.4. The van der Waals surface area contributed by atoms with E-state index in [1.165, 1.54) is 37.8 Å². The van der Waals surface area contributed by atoms with E-state index in [0.717, 1.165) is 25.4 Å². The van der Waals surface area contributed by atoms with E-state index in [2.05, 4.69) is 49.1 Å². The van der Waals surface area contributed by atoms with E-state index in [1.807, 2.05) is 0 Å². The molecule has 1 unspecified atom stereocenters. The van der Waals surface area contributed by atoms with Crippen LogP contribution in [0.1, 0.15) is 51.5 Å². The Bertz CT molecular complexity index is 380. The predicted molar refractivity (Wildman–Crippen MR) is 86.9 cm³/mol. The van der Waals surface area contributed by atoms with Gasteiger partial charge in [0.1, 0.15) is 0 Å². The minimum Gasteiger partial charge on any atom is -0.329 e. The summed E-state index contributed by atoms with van der Waals surface area (Å²) in [5.74, 6) is 0. The Morgan fingerprint density at radius 3 is 2.40 bits per heavy atom. The number of unbranched alkanes of at least 4 members (excludes halogenated alkanes) is 1. The largest absolute Gasteiger partial charge is 0.329 e. The van der Waals surface area contributed by atoms with Crippen molar-refractivity contribution >= 4 is 0 Å². The molecule has 0 spiro atoms. The quantitative estimate of drug-likeness (QED) is 0.745. The highest BCUT2D eigenvalue weighted by atomic mass is 15.3. The van der Waals surface area contributed by atoms with Crippen LogP contribution in [0.2, 0.25) is 0 Å². The lowest BCUT2D eigenvalue weighted by Gasteiger charge is -2.44. The highest BCUT2D eigenvalue weighted by molar-refractivity contribution is 5.19. The highest BCUT2D eigenvalue weighted by Crippen LogP contribution is 2.36. The number of hydrogen-bond donors (Lipinski definition) is 1. The summed E-state index contributed by atoms with van der Waals surface area (Å²) in [6.07, 6.45) is 7.49. The van der Waals surface area contributed by atoms with Crippen molar-refractivity contribution in [3.05, 3.63) is 35.9 Å². The van der Waals surface area contributed by atoms with Crippen LogP contribution in [0.4, 0.5) is 0 Å². The summed E-state index contributed by atoms with van der Waals surface area (Å²) in [7, 11) is 0. The maximum absolute atomic E-state index is 6.26. The van der Waals surface area contributed by atoms with Crippen molar-refractivity contribution in [3.8, 4) is 0 Å². The zero-order valence-corrected chi connectivity index (χ0v) is 13.1. The molecule has 2 N–H and O–H groups in total. The predicted octanol–water partition coefficient (Wildman–Crippen LogP) is 3.60. The monoisotopic (exact) mass is 274 g/mol. The lowest BCUT2D eigenvalue weighted by atomic mass is 9.85. The van der Waals surface area contributed by atoms with Gasteiger partial charge in [-0.05, 0) is 44.2 Å². The molecular weight excluding hydrogens is 244 g/mol. The third kappa shape index (κ3) is 3.62. The topological polar surface area (TPSA) is 29.3 Å². The van der Waals surface area contributed by atoms with E-state index in [4.69, 9.17) is 5.73 Å². The van der Waals surface area contributed by atoms with Crippen LogP contribution in [0.3, 0.4) is 0 Å². The molecule has 1 aromatic carbocycles. The first-order valence-corrected chi connectivity index (χ1v) is 8.26. The molecule has 1 atom stereocenters. The molecule has 1 aromatic rings. The fourth-order valence-corrected chi connectivity index (χ4v) is 3.26. The molecule has 2 rings (SSSR count). The van der Waals surface area contributed by atoms with Gasteiger partial charge in [0.05, 0.1) is 0 Å². The summed E-state index contributed by atoms with van der Waals surface area (Å²) in [5, 5.41) is 0. The SMILES string of the molecule is CCCCN(C1CC1)C(CC)(CN)Cc1ccccc1. The maximum Gasteiger partial charge on any atom is 0.0372 e. The Hall–Kier alpha value is -0.860. The summed E-state index contributed by atoms with van der Waals surface area (Å²) < 4.78 is 0. The normalized spacial score (nSPS) is 18.2. The molecule has 20 heavy (non-hydrogen) atoms. The number of hydrogen-bond acceptors (Lipinski definition) is 2. The van der Waals surface area contributed by atoms with Crippen molar-refractivity contribution in [2.45, 2.75) is 64.0 Å². The molecule has 0 radical (unpaired) electrons. The first-order chi connectivity index (χ1) is 9.75. The third-order valence-electron chi connectivity index (χ3n) is 4.76. The Labute approximate surface area is 124 Å². The Morgan fingerprint density at radius 2 is 1.90 bits per heavy atom. The van der Waals surface area contributed by atoms with Gasteiger partial charge in [-0.25, -0.2) is 0 Å². The number of benzene rings is 1. The molecule has 0 aliphatic heterocycles. The van der Waals surface area contributed by atoms with E-state index < -0.39 is 0 Å². The van der Waals surface area contributed by atoms with Gasteiger partial charge in [0.2, 0.25) is 0 Å². The van der Waals surface area contributed by atoms with Gasteiger partial charge in [0.25, 0.3) is 0 Å². The Balaban J connectivity index is 2.17. The van der Waals surface area contributed by atoms with Gasteiger partial charge in [0.15, 0.2) is 0 Å². The first-order valence-electron chi connectivity index (χ1n) is 8.26. The van der Waals surface area contributed by atoms with E-state index >= 15 is 0 Å². The second-order valence-corrected chi connectivity index (χ2v) is 6.22. The van der Waals surface area contributed by atoms with Crippen molar-refractivity contribution in [2.24, 2.45) is 5.73 Å². The summed E-state index contributed by atoms with van der Waals surface area (Å²) in [6.45, 7) is 6.55. The second kappa shape index (κ2) is 7.24. The standard InChI is InChI=1S/C18H30N2/c1-3-5-13-20(17-11-12-17)18(4-2,15-19)14-16-9-7-6-8-10-16/h6-10,17H,3-5,11-15,19H2,1-2H3. The summed E-state index contributed by atoms with van der Waals surface area (Å²) in [4.78, 5) is 2.74. The van der Waals surface area contributed by atoms with Gasteiger partial charge in [-0.3, -0.25) is 4.90 Å². The van der Waals surface area contributed by atoms with Crippen LogP contribution in [-0.2, 0) is 6.42 Å². The molecule has 2 nitrogen and oxygen atoms in total. The molecule has 0 aromatic heterocycles. The van der Waals surface area contributed by atoms with Crippen LogP contribution >= 0.6 is 0 Å². The van der Waals surface area contributed by atoms with Crippen LogP contribution < -0.4 is 5.73 Å². The molecule has 0 amide bonds. The lowest BCUT2D eigenvalue weighted by molar-refractivity contribution is 0.0781. The van der Waals surface area contributed by atoms with Gasteiger partial charge >= 0.3 is 0 Å². The van der Waals surface area contributed by atoms with Gasteiger partial charge in [-0.15, -0.1) is 0 Å². The van der Waals surface area contributed by atoms with Gasteiger partial charge in [-0.2, -0.15) is 0 Å². The smallest absolute Gasteiger partial charge is 0.0372 e. The van der Waals surface area contributed by atoms with Crippen molar-refractivity contribution in [1.82, 2.24) is 4.90 Å². The molecule has 0 heterocycles. The Kier molecular flexibility index (Phi) is 5.62. The number of nitrogens with two attached hydrogens (primary N) is 1. The first kappa shape index (κ1) is 15.5. The van der Waals surface area contributed by atoms with Gasteiger partial charge < -0.3 is 5.73 Å². The minimum absolute atomic E-state index is 0.150. The summed E-state index contributed by atoms with van der Waals surface area (Å²) in [6, 6.07) is 11.6. The van der Waals surface area contributed by atoms with Crippen molar-refractivity contribution in [1.29, 1.82) is 0 Å². The second-order valence-electron chi connectivity index (χ2n) is 6.22. The third-order valence-corrected chi connectivity index (χ3v) is 4.76. The average Bonchev–Trinajstić information content (AvgIpc) is 3.32. The molecule has 1 aliphatic rings. The van der Waals surface area contributed by atoms with Crippen LogP contribution in [0.5, 0.6) is 0 Å². The molecule has 1 saturated carbocycles. The van der Waals surface area contributed by atoms with Gasteiger partial charge in [-0.1, -0.05) is 50.6 Å². The van der Waals surface area contributed by atoms with E-state index in [0.29, 0.717) is 0 Å². The van der Waals surface area contributed by atoms with Crippen LogP contribution in [-0.4, -0.2) is 29.6 Å². The Morgan fingerprint density at radius 1 is 1.20 bits per heavy atom. The summed E-state index contributed by atoms with van der Waals surface area (Å²) >= 11 is 0. The number of rotatable bonds is 9. The van der Waals surface area contributed by atoms with E-state index in [1.54, 1.807) is 0 Å². The van der Waals surface area contributed by atoms with E-state index in [9.17, 15) is 0 Å². The van der Waals surface area contributed by atoms with Crippen molar-refractivity contribution in [3.63, 3.8) is 0 Å². The number of nitrogens with zero attached hydrogens (tertiary/aromatic N) is 1. The average molecular weight is 274 g/mol. The van der Waals surface area contributed by atoms with Crippen LogP contribution in [0, 0.1) is 0 Å².